The lowest BCUT2D eigenvalue weighted by Crippen LogP contribution is -2.11. The topological polar surface area (TPSA) is 55.7 Å². The van der Waals surface area contributed by atoms with Gasteiger partial charge in [0.15, 0.2) is 11.5 Å². The normalized spacial score (nSPS) is 12.8. The molecule has 0 aliphatic rings. The van der Waals surface area contributed by atoms with Crippen LogP contribution in [-0.4, -0.2) is 23.9 Å². The van der Waals surface area contributed by atoms with Gasteiger partial charge in [0.1, 0.15) is 5.82 Å². The molecule has 1 aromatic heterocycles. The second kappa shape index (κ2) is 9.64. The van der Waals surface area contributed by atoms with Crippen LogP contribution in [0, 0.1) is 0 Å². The van der Waals surface area contributed by atoms with E-state index in [4.69, 9.17) is 21.1 Å². The van der Waals surface area contributed by atoms with Gasteiger partial charge in [0.05, 0.1) is 29.5 Å². The van der Waals surface area contributed by atoms with Crippen molar-refractivity contribution in [2.45, 2.75) is 39.5 Å². The van der Waals surface area contributed by atoms with E-state index in [0.29, 0.717) is 28.7 Å². The number of rotatable bonds is 8. The molecule has 1 aromatic carbocycles. The van der Waals surface area contributed by atoms with E-state index in [0.717, 1.165) is 18.7 Å². The minimum atomic E-state index is -4.43. The zero-order valence-corrected chi connectivity index (χ0v) is 16.4. The summed E-state index contributed by atoms with van der Waals surface area (Å²) in [6.45, 7) is 6.21. The number of halogens is 4. The van der Waals surface area contributed by atoms with Gasteiger partial charge in [-0.3, -0.25) is 5.43 Å². The van der Waals surface area contributed by atoms with Crippen LogP contribution in [0.5, 0.6) is 11.5 Å². The van der Waals surface area contributed by atoms with Crippen LogP contribution >= 0.6 is 11.6 Å². The molecule has 28 heavy (non-hydrogen) atoms. The second-order valence-electron chi connectivity index (χ2n) is 5.90. The number of aromatic nitrogens is 1. The van der Waals surface area contributed by atoms with Crippen LogP contribution in [0.4, 0.5) is 19.0 Å². The molecule has 0 fully saturated rings. The minimum absolute atomic E-state index is 0.0244. The van der Waals surface area contributed by atoms with Gasteiger partial charge in [0.25, 0.3) is 0 Å². The molecule has 0 saturated carbocycles. The molecule has 0 amide bonds. The summed E-state index contributed by atoms with van der Waals surface area (Å²) in [5.74, 6) is 1.13. The first kappa shape index (κ1) is 21.8. The van der Waals surface area contributed by atoms with Crippen molar-refractivity contribution in [1.29, 1.82) is 0 Å². The molecule has 0 saturated heterocycles. The number of hydrazone groups is 1. The number of hydrogen-bond donors (Lipinski definition) is 1. The van der Waals surface area contributed by atoms with Crippen molar-refractivity contribution in [3.63, 3.8) is 0 Å². The molecule has 2 aromatic rings. The molecule has 1 heterocycles. The summed E-state index contributed by atoms with van der Waals surface area (Å²) in [6.07, 6.45) is -1.44. The third-order valence-corrected chi connectivity index (χ3v) is 3.99. The zero-order valence-electron chi connectivity index (χ0n) is 15.7. The quantitative estimate of drug-likeness (QED) is 0.439. The maximum atomic E-state index is 12.5. The fourth-order valence-corrected chi connectivity index (χ4v) is 2.39. The van der Waals surface area contributed by atoms with Crippen LogP contribution in [-0.2, 0) is 6.18 Å². The Bertz CT molecular complexity index is 811. The monoisotopic (exact) mass is 415 g/mol. The highest BCUT2D eigenvalue weighted by atomic mass is 35.5. The first-order valence-electron chi connectivity index (χ1n) is 8.69. The average molecular weight is 416 g/mol. The zero-order chi connectivity index (χ0) is 20.7. The Morgan fingerprint density at radius 3 is 2.61 bits per heavy atom. The lowest BCUT2D eigenvalue weighted by Gasteiger charge is -2.18. The molecule has 1 N–H and O–H groups in total. The summed E-state index contributed by atoms with van der Waals surface area (Å²) in [5, 5.41) is 4.35. The predicted octanol–water partition coefficient (Wildman–Crippen LogP) is 5.78. The number of benzene rings is 1. The molecular weight excluding hydrogens is 395 g/mol. The number of pyridine rings is 1. The van der Waals surface area contributed by atoms with Crippen LogP contribution in [0.3, 0.4) is 0 Å². The van der Waals surface area contributed by atoms with Crippen LogP contribution in [0.15, 0.2) is 35.6 Å². The average Bonchev–Trinajstić information content (AvgIpc) is 2.64. The van der Waals surface area contributed by atoms with Gasteiger partial charge >= 0.3 is 6.18 Å². The van der Waals surface area contributed by atoms with E-state index in [9.17, 15) is 13.2 Å². The van der Waals surface area contributed by atoms with Crippen LogP contribution in [0.2, 0.25) is 5.02 Å². The lowest BCUT2D eigenvalue weighted by molar-refractivity contribution is -0.137. The van der Waals surface area contributed by atoms with Crippen molar-refractivity contribution >= 4 is 23.6 Å². The Labute approximate surface area is 166 Å². The van der Waals surface area contributed by atoms with Gasteiger partial charge in [0.2, 0.25) is 0 Å². The Morgan fingerprint density at radius 1 is 1.29 bits per heavy atom. The first-order valence-corrected chi connectivity index (χ1v) is 9.07. The van der Waals surface area contributed by atoms with E-state index >= 15 is 0 Å². The molecule has 0 bridgehead atoms. The van der Waals surface area contributed by atoms with Crippen molar-refractivity contribution in [3.05, 3.63) is 46.6 Å². The molecule has 0 radical (unpaired) electrons. The van der Waals surface area contributed by atoms with Gasteiger partial charge in [-0.05, 0) is 50.1 Å². The lowest BCUT2D eigenvalue weighted by atomic mass is 10.2. The van der Waals surface area contributed by atoms with E-state index in [1.54, 1.807) is 12.1 Å². The van der Waals surface area contributed by atoms with Gasteiger partial charge in [-0.2, -0.15) is 18.3 Å². The Hall–Kier alpha value is -2.48. The van der Waals surface area contributed by atoms with Gasteiger partial charge in [-0.25, -0.2) is 4.98 Å². The maximum absolute atomic E-state index is 12.5. The maximum Gasteiger partial charge on any atom is 0.417 e. The predicted molar refractivity (Wildman–Crippen MR) is 103 cm³/mol. The van der Waals surface area contributed by atoms with Crippen molar-refractivity contribution < 1.29 is 22.6 Å². The summed E-state index contributed by atoms with van der Waals surface area (Å²) in [4.78, 5) is 3.68. The second-order valence-corrected chi connectivity index (χ2v) is 6.31. The van der Waals surface area contributed by atoms with E-state index in [1.807, 2.05) is 20.8 Å². The molecule has 1 atom stereocenters. The van der Waals surface area contributed by atoms with Gasteiger partial charge in [0, 0.05) is 6.20 Å². The largest absolute Gasteiger partial charge is 0.490 e. The van der Waals surface area contributed by atoms with Crippen molar-refractivity contribution in [2.24, 2.45) is 5.10 Å². The molecular formula is C19H21ClF3N3O2. The summed E-state index contributed by atoms with van der Waals surface area (Å²) in [6, 6.07) is 5.50. The molecule has 0 aliphatic carbocycles. The highest BCUT2D eigenvalue weighted by Crippen LogP contribution is 2.37. The van der Waals surface area contributed by atoms with Crippen LogP contribution in [0.1, 0.15) is 38.3 Å². The highest BCUT2D eigenvalue weighted by Gasteiger charge is 2.30. The fraction of sp³-hybridized carbons (Fsp3) is 0.368. The molecule has 0 aliphatic heterocycles. The molecule has 9 heteroatoms. The molecule has 5 nitrogen and oxygen atoms in total. The molecule has 0 unspecified atom stereocenters. The molecule has 152 valence electrons. The standard InChI is InChI=1S/C19H21ClF3N3O2/c1-4-12(3)28-18-15(20)8-13(9-16(18)27-5-2)10-25-26-17-7-6-14(11-24-17)19(21,22)23/h6-12H,4-5H2,1-3H3,(H,24,26)/b25-10-/t12-/m0/s1. The van der Waals surface area contributed by atoms with E-state index in [1.165, 1.54) is 12.3 Å². The first-order chi connectivity index (χ1) is 13.2. The Kier molecular flexibility index (Phi) is 7.51. The van der Waals surface area contributed by atoms with Gasteiger partial charge < -0.3 is 9.47 Å². The summed E-state index contributed by atoms with van der Waals surface area (Å²) in [5.41, 5.74) is 2.38. The minimum Gasteiger partial charge on any atom is -0.490 e. The van der Waals surface area contributed by atoms with Crippen molar-refractivity contribution in [3.8, 4) is 11.5 Å². The van der Waals surface area contributed by atoms with E-state index < -0.39 is 11.7 Å². The Morgan fingerprint density at radius 2 is 2.04 bits per heavy atom. The van der Waals surface area contributed by atoms with Crippen LogP contribution in [0.25, 0.3) is 0 Å². The van der Waals surface area contributed by atoms with Crippen LogP contribution < -0.4 is 14.9 Å². The summed E-state index contributed by atoms with van der Waals surface area (Å²) in [7, 11) is 0. The number of hydrogen-bond acceptors (Lipinski definition) is 5. The Balaban J connectivity index is 2.14. The van der Waals surface area contributed by atoms with E-state index in [-0.39, 0.29) is 11.9 Å². The number of nitrogens with zero attached hydrogens (tertiary/aromatic N) is 2. The van der Waals surface area contributed by atoms with Gasteiger partial charge in [-0.15, -0.1) is 0 Å². The SMILES string of the molecule is CCOc1cc(/C=N\Nc2ccc(C(F)(F)F)cn2)cc(Cl)c1O[C@@H](C)CC. The number of anilines is 1. The smallest absolute Gasteiger partial charge is 0.417 e. The van der Waals surface area contributed by atoms with Crippen molar-refractivity contribution in [2.75, 3.05) is 12.0 Å². The van der Waals surface area contributed by atoms with Gasteiger partial charge in [-0.1, -0.05) is 18.5 Å². The summed E-state index contributed by atoms with van der Waals surface area (Å²) < 4.78 is 49.1. The number of ether oxygens (including phenoxy) is 2. The van der Waals surface area contributed by atoms with E-state index in [2.05, 4.69) is 15.5 Å². The third-order valence-electron chi connectivity index (χ3n) is 3.71. The fourth-order valence-electron chi connectivity index (χ4n) is 2.12. The summed E-state index contributed by atoms with van der Waals surface area (Å²) >= 11 is 6.32. The highest BCUT2D eigenvalue weighted by molar-refractivity contribution is 6.32. The third kappa shape index (κ3) is 6.02. The number of nitrogens with one attached hydrogen (secondary N) is 1. The number of alkyl halides is 3. The molecule has 2 rings (SSSR count). The molecule has 0 spiro atoms. The van der Waals surface area contributed by atoms with Crippen molar-refractivity contribution in [1.82, 2.24) is 4.98 Å².